The Balaban J connectivity index is 2.11. The topological polar surface area (TPSA) is 72.5 Å². The van der Waals surface area contributed by atoms with Gasteiger partial charge >= 0.3 is 5.97 Å². The van der Waals surface area contributed by atoms with Crippen molar-refractivity contribution in [1.82, 2.24) is 0 Å². The van der Waals surface area contributed by atoms with Crippen molar-refractivity contribution in [3.05, 3.63) is 41.3 Å². The Labute approximate surface area is 105 Å². The van der Waals surface area contributed by atoms with Crippen LogP contribution in [0, 0.1) is 0 Å². The van der Waals surface area contributed by atoms with Gasteiger partial charge in [0.15, 0.2) is 9.84 Å². The molecule has 6 heteroatoms. The highest BCUT2D eigenvalue weighted by Gasteiger charge is 2.21. The molecule has 1 heterocycles. The summed E-state index contributed by atoms with van der Waals surface area (Å²) in [6.07, 6.45) is 1.60. The molecule has 0 bridgehead atoms. The van der Waals surface area contributed by atoms with E-state index in [0.29, 0.717) is 11.3 Å². The van der Waals surface area contributed by atoms with Gasteiger partial charge in [-0.25, -0.2) is 13.2 Å². The molecule has 1 aliphatic rings. The first-order valence-corrected chi connectivity index (χ1v) is 7.07. The van der Waals surface area contributed by atoms with Crippen molar-refractivity contribution in [2.45, 2.75) is 6.04 Å². The summed E-state index contributed by atoms with van der Waals surface area (Å²) in [7, 11) is -1.77. The molecule has 18 heavy (non-hydrogen) atoms. The molecular formula is C12H13NO4S. The van der Waals surface area contributed by atoms with Crippen molar-refractivity contribution in [2.24, 2.45) is 0 Å². The van der Waals surface area contributed by atoms with Crippen LogP contribution in [-0.2, 0) is 14.6 Å². The lowest BCUT2D eigenvalue weighted by Crippen LogP contribution is -2.21. The van der Waals surface area contributed by atoms with Gasteiger partial charge in [-0.3, -0.25) is 0 Å². The number of esters is 1. The first kappa shape index (κ1) is 12.6. The molecule has 0 radical (unpaired) electrons. The molecule has 0 aromatic heterocycles. The number of methoxy groups -OCH3 is 1. The second-order valence-corrected chi connectivity index (χ2v) is 5.91. The number of anilines is 1. The maximum Gasteiger partial charge on any atom is 0.337 e. The van der Waals surface area contributed by atoms with Gasteiger partial charge in [0, 0.05) is 11.1 Å². The Kier molecular flexibility index (Phi) is 3.38. The Morgan fingerprint density at radius 3 is 2.83 bits per heavy atom. The van der Waals surface area contributed by atoms with Crippen LogP contribution in [0.1, 0.15) is 10.4 Å². The number of carbonyl (C=O) groups is 1. The van der Waals surface area contributed by atoms with Crippen LogP contribution >= 0.6 is 0 Å². The predicted molar refractivity (Wildman–Crippen MR) is 68.1 cm³/mol. The normalized spacial score (nSPS) is 20.6. The van der Waals surface area contributed by atoms with Crippen molar-refractivity contribution in [3.8, 4) is 0 Å². The van der Waals surface area contributed by atoms with E-state index in [2.05, 4.69) is 10.1 Å². The van der Waals surface area contributed by atoms with Crippen molar-refractivity contribution < 1.29 is 17.9 Å². The number of hydrogen-bond acceptors (Lipinski definition) is 5. The van der Waals surface area contributed by atoms with Gasteiger partial charge in [0.25, 0.3) is 0 Å². The third-order valence-corrected chi connectivity index (χ3v) is 3.96. The Morgan fingerprint density at radius 1 is 1.44 bits per heavy atom. The third kappa shape index (κ3) is 2.89. The monoisotopic (exact) mass is 267 g/mol. The molecule has 1 unspecified atom stereocenters. The highest BCUT2D eigenvalue weighted by molar-refractivity contribution is 7.94. The Hall–Kier alpha value is -1.82. The number of carbonyl (C=O) groups excluding carboxylic acids is 1. The number of sulfone groups is 1. The molecule has 0 saturated heterocycles. The molecule has 1 aromatic rings. The maximum atomic E-state index is 11.3. The fourth-order valence-corrected chi connectivity index (χ4v) is 2.97. The van der Waals surface area contributed by atoms with Crippen LogP contribution in [0.4, 0.5) is 5.69 Å². The predicted octanol–water partition coefficient (Wildman–Crippen LogP) is 1.20. The molecular weight excluding hydrogens is 254 g/mol. The van der Waals surface area contributed by atoms with E-state index in [1.165, 1.54) is 12.5 Å². The fraction of sp³-hybridized carbons (Fsp3) is 0.250. The van der Waals surface area contributed by atoms with Crippen molar-refractivity contribution in [2.75, 3.05) is 18.2 Å². The minimum absolute atomic E-state index is 0.0372. The van der Waals surface area contributed by atoms with Gasteiger partial charge in [-0.15, -0.1) is 0 Å². The van der Waals surface area contributed by atoms with Gasteiger partial charge in [0.05, 0.1) is 24.5 Å². The third-order valence-electron chi connectivity index (χ3n) is 2.57. The molecule has 1 aliphatic heterocycles. The fourth-order valence-electron chi connectivity index (χ4n) is 1.73. The van der Waals surface area contributed by atoms with Gasteiger partial charge in [-0.2, -0.15) is 0 Å². The average molecular weight is 267 g/mol. The van der Waals surface area contributed by atoms with Crippen molar-refractivity contribution >= 4 is 21.5 Å². The lowest BCUT2D eigenvalue weighted by Gasteiger charge is -2.12. The number of benzene rings is 1. The summed E-state index contributed by atoms with van der Waals surface area (Å²) in [5, 5.41) is 4.25. The van der Waals surface area contributed by atoms with E-state index in [4.69, 9.17) is 0 Å². The van der Waals surface area contributed by atoms with E-state index in [9.17, 15) is 13.2 Å². The molecule has 5 nitrogen and oxygen atoms in total. The summed E-state index contributed by atoms with van der Waals surface area (Å²) in [5.41, 5.74) is 1.11. The van der Waals surface area contributed by atoms with Crippen LogP contribution in [0.15, 0.2) is 35.7 Å². The highest BCUT2D eigenvalue weighted by Crippen LogP contribution is 2.16. The summed E-state index contributed by atoms with van der Waals surface area (Å²) in [6.45, 7) is 0. The van der Waals surface area contributed by atoms with Gasteiger partial charge in [-0.05, 0) is 18.2 Å². The Bertz CT molecular complexity index is 592. The largest absolute Gasteiger partial charge is 0.465 e. The molecule has 0 fully saturated rings. The molecule has 96 valence electrons. The quantitative estimate of drug-likeness (QED) is 0.833. The molecule has 2 rings (SSSR count). The second-order valence-electron chi connectivity index (χ2n) is 3.98. The second kappa shape index (κ2) is 4.81. The Morgan fingerprint density at radius 2 is 2.22 bits per heavy atom. The van der Waals surface area contributed by atoms with Crippen molar-refractivity contribution in [1.29, 1.82) is 0 Å². The highest BCUT2D eigenvalue weighted by atomic mass is 32.2. The zero-order valence-electron chi connectivity index (χ0n) is 9.79. The van der Waals surface area contributed by atoms with Crippen LogP contribution in [0.25, 0.3) is 0 Å². The van der Waals surface area contributed by atoms with E-state index in [1.807, 2.05) is 0 Å². The zero-order chi connectivity index (χ0) is 13.2. The maximum absolute atomic E-state index is 11.3. The van der Waals surface area contributed by atoms with Gasteiger partial charge < -0.3 is 10.1 Å². The first-order valence-electron chi connectivity index (χ1n) is 5.36. The summed E-state index contributed by atoms with van der Waals surface area (Å²) < 4.78 is 27.1. The van der Waals surface area contributed by atoms with Crippen molar-refractivity contribution in [3.63, 3.8) is 0 Å². The standard InChI is InChI=1S/C12H13NO4S/c1-17-12(14)9-3-2-4-10(7-9)13-11-5-6-18(15,16)8-11/h2-7,11,13H,8H2,1H3. The van der Waals surface area contributed by atoms with Crippen LogP contribution in [0.3, 0.4) is 0 Å². The van der Waals surface area contributed by atoms with E-state index >= 15 is 0 Å². The minimum atomic E-state index is -3.08. The summed E-state index contributed by atoms with van der Waals surface area (Å²) in [6, 6.07) is 6.48. The lowest BCUT2D eigenvalue weighted by atomic mass is 10.2. The number of nitrogens with one attached hydrogen (secondary N) is 1. The molecule has 0 spiro atoms. The smallest absolute Gasteiger partial charge is 0.337 e. The molecule has 0 saturated carbocycles. The molecule has 1 N–H and O–H groups in total. The average Bonchev–Trinajstić information content (AvgIpc) is 2.68. The van der Waals surface area contributed by atoms with Crippen LogP contribution in [0.2, 0.25) is 0 Å². The van der Waals surface area contributed by atoms with Gasteiger partial charge in [-0.1, -0.05) is 12.1 Å². The number of hydrogen-bond donors (Lipinski definition) is 1. The molecule has 1 atom stereocenters. The van der Waals surface area contributed by atoms with E-state index in [0.717, 1.165) is 0 Å². The summed E-state index contributed by atoms with van der Waals surface area (Å²) >= 11 is 0. The van der Waals surface area contributed by atoms with Gasteiger partial charge in [0.1, 0.15) is 0 Å². The zero-order valence-corrected chi connectivity index (χ0v) is 10.6. The van der Waals surface area contributed by atoms with Crippen LogP contribution < -0.4 is 5.32 Å². The summed E-state index contributed by atoms with van der Waals surface area (Å²) in [5.74, 6) is -0.386. The number of ether oxygens (including phenoxy) is 1. The van der Waals surface area contributed by atoms with E-state index in [-0.39, 0.29) is 11.8 Å². The molecule has 1 aromatic carbocycles. The lowest BCUT2D eigenvalue weighted by molar-refractivity contribution is 0.0601. The first-order chi connectivity index (χ1) is 8.50. The molecule has 0 amide bonds. The van der Waals surface area contributed by atoms with E-state index in [1.54, 1.807) is 30.3 Å². The van der Waals surface area contributed by atoms with E-state index < -0.39 is 15.8 Å². The van der Waals surface area contributed by atoms with Crippen LogP contribution in [-0.4, -0.2) is 33.3 Å². The molecule has 0 aliphatic carbocycles. The van der Waals surface area contributed by atoms with Crippen LogP contribution in [0.5, 0.6) is 0 Å². The SMILES string of the molecule is COC(=O)c1cccc(NC2C=CS(=O)(=O)C2)c1. The minimum Gasteiger partial charge on any atom is -0.465 e. The summed E-state index contributed by atoms with van der Waals surface area (Å²) in [4.78, 5) is 11.3. The number of rotatable bonds is 3. The van der Waals surface area contributed by atoms with Gasteiger partial charge in [0.2, 0.25) is 0 Å².